The van der Waals surface area contributed by atoms with Crippen molar-refractivity contribution in [2.45, 2.75) is 18.2 Å². The molecular formula is C17H17PS. The molecule has 0 bridgehead atoms. The van der Waals surface area contributed by atoms with Gasteiger partial charge in [-0.2, -0.15) is 0 Å². The second-order valence-corrected chi connectivity index (χ2v) is 8.20. The minimum absolute atomic E-state index is 0.132. The Bertz CT molecular complexity index is 790. The molecule has 0 amide bonds. The van der Waals surface area contributed by atoms with Crippen LogP contribution in [0.15, 0.2) is 53.4 Å². The summed E-state index contributed by atoms with van der Waals surface area (Å²) >= 11 is 0. The lowest BCUT2D eigenvalue weighted by atomic mass is 9.99. The molecule has 0 N–H and O–H groups in total. The van der Waals surface area contributed by atoms with Crippen molar-refractivity contribution in [3.05, 3.63) is 54.1 Å². The van der Waals surface area contributed by atoms with E-state index < -0.39 is 0 Å². The second kappa shape index (κ2) is 5.07. The van der Waals surface area contributed by atoms with Gasteiger partial charge in [-0.25, -0.2) is 0 Å². The first-order valence-electron chi connectivity index (χ1n) is 6.51. The van der Waals surface area contributed by atoms with Crippen LogP contribution in [0.2, 0.25) is 0 Å². The molecular weight excluding hydrogens is 267 g/mol. The van der Waals surface area contributed by atoms with Crippen molar-refractivity contribution in [2.24, 2.45) is 0 Å². The normalized spacial score (nSPS) is 12.9. The van der Waals surface area contributed by atoms with E-state index in [9.17, 15) is 0 Å². The summed E-state index contributed by atoms with van der Waals surface area (Å²) in [5.41, 5.74) is 1.40. The van der Waals surface area contributed by atoms with Crippen LogP contribution in [0.1, 0.15) is 12.5 Å². The van der Waals surface area contributed by atoms with Gasteiger partial charge in [0.2, 0.25) is 0 Å². The Balaban J connectivity index is 2.31. The fourth-order valence-corrected chi connectivity index (χ4v) is 3.47. The van der Waals surface area contributed by atoms with Crippen LogP contribution >= 0.6 is 8.02 Å². The van der Waals surface area contributed by atoms with Crippen molar-refractivity contribution >= 4 is 39.6 Å². The van der Waals surface area contributed by atoms with Crippen LogP contribution in [0.5, 0.6) is 0 Å². The third kappa shape index (κ3) is 2.33. The maximum atomic E-state index is 3.72. The van der Waals surface area contributed by atoms with Crippen LogP contribution in [-0.2, 0) is 16.5 Å². The molecule has 0 radical (unpaired) electrons. The van der Waals surface area contributed by atoms with Crippen LogP contribution < -0.4 is 0 Å². The van der Waals surface area contributed by atoms with Crippen LogP contribution in [0.25, 0.3) is 21.5 Å². The highest BCUT2D eigenvalue weighted by molar-refractivity contribution is 8.15. The van der Waals surface area contributed by atoms with E-state index in [-0.39, 0.29) is 10.1 Å². The standard InChI is InChI=1S/C17H17PS/c1-3-12-4-8-16-13(10-12)5-6-14-11-15(19(2)18)7-9-17(14)16/h4-11,18H,3H2,1-2H3. The minimum atomic E-state index is 0.132. The van der Waals surface area contributed by atoms with Crippen molar-refractivity contribution in [3.63, 3.8) is 0 Å². The molecule has 0 spiro atoms. The number of aryl methyl sites for hydroxylation is 1. The molecule has 0 saturated carbocycles. The van der Waals surface area contributed by atoms with Gasteiger partial charge in [0.05, 0.1) is 0 Å². The fourth-order valence-electron chi connectivity index (χ4n) is 2.51. The Kier molecular flexibility index (Phi) is 3.43. The topological polar surface area (TPSA) is 0 Å². The van der Waals surface area contributed by atoms with Gasteiger partial charge in [0.15, 0.2) is 0 Å². The lowest BCUT2D eigenvalue weighted by molar-refractivity contribution is 1.15. The van der Waals surface area contributed by atoms with Crippen molar-refractivity contribution in [1.29, 1.82) is 0 Å². The zero-order valence-corrected chi connectivity index (χ0v) is 13.1. The first kappa shape index (κ1) is 12.8. The molecule has 19 heavy (non-hydrogen) atoms. The van der Waals surface area contributed by atoms with E-state index in [1.54, 1.807) is 0 Å². The van der Waals surface area contributed by atoms with E-state index >= 15 is 0 Å². The van der Waals surface area contributed by atoms with E-state index in [4.69, 9.17) is 0 Å². The van der Waals surface area contributed by atoms with Crippen LogP contribution in [0.4, 0.5) is 0 Å². The molecule has 3 rings (SSSR count). The number of benzene rings is 3. The average Bonchev–Trinajstić information content (AvgIpc) is 2.45. The summed E-state index contributed by atoms with van der Waals surface area (Å²) < 4.78 is 0. The summed E-state index contributed by atoms with van der Waals surface area (Å²) in [6.45, 7) is 2.20. The molecule has 0 aliphatic carbocycles. The minimum Gasteiger partial charge on any atom is -0.137 e. The summed E-state index contributed by atoms with van der Waals surface area (Å²) in [6, 6.07) is 18.0. The SMILES string of the molecule is CCc1ccc2c(ccc3cc(S(C)=P)ccc32)c1. The van der Waals surface area contributed by atoms with E-state index in [0.29, 0.717) is 0 Å². The van der Waals surface area contributed by atoms with Crippen molar-refractivity contribution in [1.82, 2.24) is 0 Å². The summed E-state index contributed by atoms with van der Waals surface area (Å²) in [5, 5.41) is 5.37. The van der Waals surface area contributed by atoms with Gasteiger partial charge in [-0.15, -0.1) is 10.1 Å². The van der Waals surface area contributed by atoms with E-state index in [1.807, 2.05) is 0 Å². The smallest absolute Gasteiger partial charge is 0.00571 e. The van der Waals surface area contributed by atoms with E-state index in [1.165, 1.54) is 32.0 Å². The Morgan fingerprint density at radius 3 is 2.16 bits per heavy atom. The third-order valence-electron chi connectivity index (χ3n) is 3.63. The van der Waals surface area contributed by atoms with Gasteiger partial charge in [0, 0.05) is 4.90 Å². The zero-order valence-electron chi connectivity index (χ0n) is 11.2. The van der Waals surface area contributed by atoms with Gasteiger partial charge >= 0.3 is 0 Å². The highest BCUT2D eigenvalue weighted by Gasteiger charge is 2.03. The first-order valence-corrected chi connectivity index (χ1v) is 9.37. The van der Waals surface area contributed by atoms with Crippen LogP contribution in [0, 0.1) is 0 Å². The number of rotatable bonds is 2. The van der Waals surface area contributed by atoms with Crippen LogP contribution in [-0.4, -0.2) is 6.26 Å². The predicted molar refractivity (Wildman–Crippen MR) is 90.7 cm³/mol. The molecule has 96 valence electrons. The summed E-state index contributed by atoms with van der Waals surface area (Å²) in [7, 11) is 3.85. The van der Waals surface area contributed by atoms with Crippen molar-refractivity contribution in [3.8, 4) is 0 Å². The molecule has 0 nitrogen and oxygen atoms in total. The molecule has 1 atom stereocenters. The summed E-state index contributed by atoms with van der Waals surface area (Å²) in [6.07, 6.45) is 3.28. The van der Waals surface area contributed by atoms with Gasteiger partial charge < -0.3 is 0 Å². The van der Waals surface area contributed by atoms with E-state index in [0.717, 1.165) is 6.42 Å². The molecule has 3 aromatic rings. The zero-order chi connectivity index (χ0) is 13.4. The fraction of sp³-hybridized carbons (Fsp3) is 0.176. The Morgan fingerprint density at radius 1 is 0.895 bits per heavy atom. The maximum absolute atomic E-state index is 3.72. The molecule has 0 fully saturated rings. The van der Waals surface area contributed by atoms with Gasteiger partial charge in [-0.05, 0) is 51.9 Å². The van der Waals surface area contributed by atoms with E-state index in [2.05, 4.69) is 69.7 Å². The first-order chi connectivity index (χ1) is 9.19. The number of fused-ring (bicyclic) bond motifs is 3. The lowest BCUT2D eigenvalue weighted by Gasteiger charge is -2.08. The average molecular weight is 284 g/mol. The Labute approximate surface area is 118 Å². The molecule has 0 aliphatic heterocycles. The quantitative estimate of drug-likeness (QED) is 0.447. The predicted octanol–water partition coefficient (Wildman–Crippen LogP) is 5.22. The molecule has 0 aliphatic rings. The summed E-state index contributed by atoms with van der Waals surface area (Å²) in [4.78, 5) is 1.36. The van der Waals surface area contributed by atoms with Crippen LogP contribution in [0.3, 0.4) is 0 Å². The lowest BCUT2D eigenvalue weighted by Crippen LogP contribution is -1.85. The van der Waals surface area contributed by atoms with Crippen molar-refractivity contribution in [2.75, 3.05) is 6.26 Å². The highest BCUT2D eigenvalue weighted by Crippen LogP contribution is 2.28. The molecule has 0 aromatic heterocycles. The second-order valence-electron chi connectivity index (χ2n) is 4.87. The monoisotopic (exact) mass is 284 g/mol. The maximum Gasteiger partial charge on any atom is 0.00571 e. The molecule has 0 heterocycles. The van der Waals surface area contributed by atoms with Gasteiger partial charge in [0.25, 0.3) is 0 Å². The Morgan fingerprint density at radius 2 is 1.53 bits per heavy atom. The molecule has 0 saturated heterocycles. The molecule has 2 heteroatoms. The molecule has 3 aromatic carbocycles. The highest BCUT2D eigenvalue weighted by atomic mass is 32.5. The van der Waals surface area contributed by atoms with Crippen molar-refractivity contribution < 1.29 is 0 Å². The van der Waals surface area contributed by atoms with Gasteiger partial charge in [0.1, 0.15) is 0 Å². The largest absolute Gasteiger partial charge is 0.137 e. The number of hydrogen-bond donors (Lipinski definition) is 0. The van der Waals surface area contributed by atoms with Gasteiger partial charge in [-0.3, -0.25) is 0 Å². The summed E-state index contributed by atoms with van der Waals surface area (Å²) in [5.74, 6) is 0. The number of hydrogen-bond acceptors (Lipinski definition) is 0. The Hall–Kier alpha value is -1.17. The third-order valence-corrected chi connectivity index (χ3v) is 5.30. The van der Waals surface area contributed by atoms with Gasteiger partial charge in [-0.1, -0.05) is 51.3 Å². The molecule has 1 unspecified atom stereocenters.